The van der Waals surface area contributed by atoms with Crippen LogP contribution in [-0.2, 0) is 6.54 Å². The number of hydrogen-bond donors (Lipinski definition) is 1. The predicted molar refractivity (Wildman–Crippen MR) is 96.6 cm³/mol. The fourth-order valence-electron chi connectivity index (χ4n) is 3.96. The van der Waals surface area contributed by atoms with Crippen LogP contribution in [0, 0.1) is 0 Å². The second kappa shape index (κ2) is 6.88. The zero-order chi connectivity index (χ0) is 17.2. The summed E-state index contributed by atoms with van der Waals surface area (Å²) in [5.41, 5.74) is 2.03. The molecule has 2 amide bonds. The molecule has 3 heterocycles. The van der Waals surface area contributed by atoms with Crippen molar-refractivity contribution < 1.29 is 4.79 Å². The molecule has 132 valence electrons. The van der Waals surface area contributed by atoms with Crippen molar-refractivity contribution in [2.24, 2.45) is 0 Å². The monoisotopic (exact) mass is 339 g/mol. The molecule has 2 atom stereocenters. The van der Waals surface area contributed by atoms with E-state index < -0.39 is 0 Å². The highest BCUT2D eigenvalue weighted by Crippen LogP contribution is 2.28. The summed E-state index contributed by atoms with van der Waals surface area (Å²) in [5.74, 6) is 0. The Labute approximate surface area is 148 Å². The number of nitrogens with one attached hydrogen (secondary N) is 1. The van der Waals surface area contributed by atoms with E-state index in [9.17, 15) is 4.79 Å². The van der Waals surface area contributed by atoms with E-state index in [2.05, 4.69) is 22.4 Å². The smallest absolute Gasteiger partial charge is 0.317 e. The van der Waals surface area contributed by atoms with Gasteiger partial charge >= 0.3 is 6.03 Å². The van der Waals surface area contributed by atoms with Gasteiger partial charge in [-0.25, -0.2) is 9.48 Å². The number of likely N-dealkylation sites (N-methyl/N-ethyl adjacent to an activating group) is 1. The Kier molecular flexibility index (Phi) is 4.44. The molecule has 0 radical (unpaired) electrons. The largest absolute Gasteiger partial charge is 0.334 e. The second-order valence-electron chi connectivity index (χ2n) is 7.07. The first kappa shape index (κ1) is 16.1. The van der Waals surface area contributed by atoms with E-state index in [1.165, 1.54) is 12.8 Å². The molecular formula is C19H25N5O. The minimum absolute atomic E-state index is 0.0356. The minimum atomic E-state index is 0.0356. The van der Waals surface area contributed by atoms with Crippen molar-refractivity contribution in [2.75, 3.05) is 20.1 Å². The Morgan fingerprint density at radius 1 is 1.20 bits per heavy atom. The molecular weight excluding hydrogens is 314 g/mol. The lowest BCUT2D eigenvalue weighted by Crippen LogP contribution is -2.44. The number of fused-ring (bicyclic) bond motifs is 2. The second-order valence-corrected chi connectivity index (χ2v) is 7.07. The fourth-order valence-corrected chi connectivity index (χ4v) is 3.96. The van der Waals surface area contributed by atoms with Crippen molar-refractivity contribution >= 4 is 6.03 Å². The number of likely N-dealkylation sites (tertiary alicyclic amines) is 1. The van der Waals surface area contributed by atoms with Crippen LogP contribution in [-0.4, -0.2) is 57.8 Å². The molecule has 4 rings (SSSR count). The van der Waals surface area contributed by atoms with E-state index in [4.69, 9.17) is 0 Å². The van der Waals surface area contributed by atoms with Gasteiger partial charge in [0.15, 0.2) is 0 Å². The van der Waals surface area contributed by atoms with Crippen LogP contribution in [0.5, 0.6) is 0 Å². The number of carbonyl (C=O) groups excluding carboxylic acids is 1. The first-order valence-corrected chi connectivity index (χ1v) is 9.04. The maximum absolute atomic E-state index is 12.6. The van der Waals surface area contributed by atoms with Gasteiger partial charge in [0.2, 0.25) is 0 Å². The van der Waals surface area contributed by atoms with E-state index in [0.29, 0.717) is 18.6 Å². The average molecular weight is 339 g/mol. The molecule has 2 aliphatic rings. The van der Waals surface area contributed by atoms with Crippen LogP contribution < -0.4 is 5.32 Å². The van der Waals surface area contributed by atoms with Gasteiger partial charge in [0.05, 0.1) is 11.9 Å². The van der Waals surface area contributed by atoms with E-state index in [0.717, 1.165) is 30.8 Å². The molecule has 2 aliphatic heterocycles. The first-order chi connectivity index (χ1) is 12.2. The molecule has 2 fully saturated rings. The Morgan fingerprint density at radius 2 is 2.00 bits per heavy atom. The average Bonchev–Trinajstić information content (AvgIpc) is 3.18. The summed E-state index contributed by atoms with van der Waals surface area (Å²) in [4.78, 5) is 17.0. The van der Waals surface area contributed by atoms with Crippen molar-refractivity contribution in [3.8, 4) is 5.69 Å². The molecule has 0 spiro atoms. The zero-order valence-corrected chi connectivity index (χ0v) is 14.6. The number of hydrogen-bond acceptors (Lipinski definition) is 3. The molecule has 1 N–H and O–H groups in total. The normalized spacial score (nSPS) is 23.5. The summed E-state index contributed by atoms with van der Waals surface area (Å²) in [5, 5.41) is 7.43. The van der Waals surface area contributed by atoms with Gasteiger partial charge < -0.3 is 10.2 Å². The van der Waals surface area contributed by atoms with Gasteiger partial charge in [0.25, 0.3) is 0 Å². The Morgan fingerprint density at radius 3 is 2.84 bits per heavy atom. The molecule has 2 aromatic rings. The summed E-state index contributed by atoms with van der Waals surface area (Å²) in [7, 11) is 2.20. The predicted octanol–water partition coefficient (Wildman–Crippen LogP) is 2.25. The molecule has 0 aliphatic carbocycles. The van der Waals surface area contributed by atoms with Gasteiger partial charge in [-0.2, -0.15) is 5.10 Å². The SMILES string of the molecule is CN1[C@H]2CC[C@H]1CN(C(=O)NCc1cnn(-c3ccccc3)c1)CC2. The van der Waals surface area contributed by atoms with Crippen LogP contribution in [0.1, 0.15) is 24.8 Å². The number of benzene rings is 1. The van der Waals surface area contributed by atoms with E-state index in [-0.39, 0.29) is 6.03 Å². The van der Waals surface area contributed by atoms with Gasteiger partial charge in [0.1, 0.15) is 0 Å². The van der Waals surface area contributed by atoms with Gasteiger partial charge in [-0.05, 0) is 38.4 Å². The summed E-state index contributed by atoms with van der Waals surface area (Å²) < 4.78 is 1.83. The molecule has 1 aromatic heterocycles. The highest BCUT2D eigenvalue weighted by atomic mass is 16.2. The fraction of sp³-hybridized carbons (Fsp3) is 0.474. The lowest BCUT2D eigenvalue weighted by atomic mass is 10.1. The number of nitrogens with zero attached hydrogens (tertiary/aromatic N) is 4. The molecule has 0 unspecified atom stereocenters. The Hall–Kier alpha value is -2.34. The van der Waals surface area contributed by atoms with Crippen LogP contribution in [0.4, 0.5) is 4.79 Å². The van der Waals surface area contributed by atoms with E-state index in [1.54, 1.807) is 0 Å². The number of aromatic nitrogens is 2. The van der Waals surface area contributed by atoms with Crippen molar-refractivity contribution in [1.82, 2.24) is 24.9 Å². The quantitative estimate of drug-likeness (QED) is 0.933. The molecule has 6 nitrogen and oxygen atoms in total. The third-order valence-corrected chi connectivity index (χ3v) is 5.54. The molecule has 6 heteroatoms. The summed E-state index contributed by atoms with van der Waals surface area (Å²) in [6.45, 7) is 2.19. The highest BCUT2D eigenvalue weighted by Gasteiger charge is 2.35. The third-order valence-electron chi connectivity index (χ3n) is 5.54. The summed E-state index contributed by atoms with van der Waals surface area (Å²) >= 11 is 0. The van der Waals surface area contributed by atoms with Crippen LogP contribution >= 0.6 is 0 Å². The third kappa shape index (κ3) is 3.39. The number of para-hydroxylation sites is 1. The number of rotatable bonds is 3. The van der Waals surface area contributed by atoms with Crippen LogP contribution in [0.3, 0.4) is 0 Å². The summed E-state index contributed by atoms with van der Waals surface area (Å²) in [6.07, 6.45) is 7.33. The van der Waals surface area contributed by atoms with E-state index >= 15 is 0 Å². The number of amides is 2. The van der Waals surface area contributed by atoms with Gasteiger partial charge in [-0.1, -0.05) is 18.2 Å². The standard InChI is InChI=1S/C19H25N5O/c1-22-16-7-8-18(22)14-23(10-9-16)19(25)20-11-15-12-21-24(13-15)17-5-3-2-4-6-17/h2-6,12-13,16,18H,7-11,14H2,1H3,(H,20,25)/t16-,18-/m0/s1. The maximum Gasteiger partial charge on any atom is 0.317 e. The van der Waals surface area contributed by atoms with E-state index in [1.807, 2.05) is 52.3 Å². The van der Waals surface area contributed by atoms with Crippen molar-refractivity contribution in [3.63, 3.8) is 0 Å². The number of carbonyl (C=O) groups is 1. The lowest BCUT2D eigenvalue weighted by Gasteiger charge is -2.25. The topological polar surface area (TPSA) is 53.4 Å². The molecule has 25 heavy (non-hydrogen) atoms. The lowest BCUT2D eigenvalue weighted by molar-refractivity contribution is 0.188. The molecule has 0 saturated carbocycles. The van der Waals surface area contributed by atoms with Gasteiger partial charge in [0, 0.05) is 43.5 Å². The molecule has 2 bridgehead atoms. The van der Waals surface area contributed by atoms with Crippen LogP contribution in [0.15, 0.2) is 42.7 Å². The van der Waals surface area contributed by atoms with Crippen molar-refractivity contribution in [1.29, 1.82) is 0 Å². The maximum atomic E-state index is 12.6. The summed E-state index contributed by atoms with van der Waals surface area (Å²) in [6, 6.07) is 11.2. The van der Waals surface area contributed by atoms with Gasteiger partial charge in [-0.15, -0.1) is 0 Å². The van der Waals surface area contributed by atoms with Crippen molar-refractivity contribution in [2.45, 2.75) is 37.9 Å². The van der Waals surface area contributed by atoms with Crippen LogP contribution in [0.25, 0.3) is 5.69 Å². The Balaban J connectivity index is 1.34. The number of urea groups is 1. The molecule has 2 saturated heterocycles. The Bertz CT molecular complexity index is 728. The van der Waals surface area contributed by atoms with Crippen LogP contribution in [0.2, 0.25) is 0 Å². The highest BCUT2D eigenvalue weighted by molar-refractivity contribution is 5.74. The molecule has 1 aromatic carbocycles. The van der Waals surface area contributed by atoms with Crippen molar-refractivity contribution in [3.05, 3.63) is 48.3 Å². The minimum Gasteiger partial charge on any atom is -0.334 e. The van der Waals surface area contributed by atoms with Gasteiger partial charge in [-0.3, -0.25) is 4.90 Å². The first-order valence-electron chi connectivity index (χ1n) is 9.04. The zero-order valence-electron chi connectivity index (χ0n) is 14.6.